The lowest BCUT2D eigenvalue weighted by Crippen LogP contribution is -2.37. The molecule has 1 fully saturated rings. The lowest BCUT2D eigenvalue weighted by molar-refractivity contribution is -0.0965. The summed E-state index contributed by atoms with van der Waals surface area (Å²) in [6.07, 6.45) is 0.00347. The topological polar surface area (TPSA) is 30.5 Å². The Morgan fingerprint density at radius 3 is 2.75 bits per heavy atom. The van der Waals surface area contributed by atoms with Gasteiger partial charge in [0.05, 0.1) is 19.8 Å². The summed E-state index contributed by atoms with van der Waals surface area (Å²) in [7, 11) is 3.45. The first-order chi connectivity index (χ1) is 3.93. The van der Waals surface area contributed by atoms with Crippen molar-refractivity contribution in [3.8, 4) is 0 Å². The third-order valence-corrected chi connectivity index (χ3v) is 1.04. The molecule has 1 N–H and O–H groups in total. The highest BCUT2D eigenvalue weighted by molar-refractivity contribution is 4.55. The van der Waals surface area contributed by atoms with E-state index in [1.807, 2.05) is 0 Å². The van der Waals surface area contributed by atoms with Crippen LogP contribution in [0.3, 0.4) is 0 Å². The fourth-order valence-corrected chi connectivity index (χ4v) is 0.606. The molecule has 1 saturated heterocycles. The fraction of sp³-hybridized carbons (Fsp3) is 0.800. The highest BCUT2D eigenvalue weighted by Gasteiger charge is 2.09. The zero-order chi connectivity index (χ0) is 5.82. The molecule has 1 aliphatic rings. The van der Waals surface area contributed by atoms with Gasteiger partial charge in [0.15, 0.2) is 0 Å². The van der Waals surface area contributed by atoms with Crippen molar-refractivity contribution in [2.75, 3.05) is 19.8 Å². The van der Waals surface area contributed by atoms with E-state index in [0.717, 1.165) is 0 Å². The maximum absolute atomic E-state index is 5.13. The van der Waals surface area contributed by atoms with Crippen LogP contribution in [0.4, 0.5) is 0 Å². The van der Waals surface area contributed by atoms with Gasteiger partial charge >= 0.3 is 0 Å². The molecule has 1 heterocycles. The van der Waals surface area contributed by atoms with Gasteiger partial charge in [-0.25, -0.2) is 0 Å². The van der Waals surface area contributed by atoms with Gasteiger partial charge in [-0.05, 0) is 0 Å². The second-order valence-corrected chi connectivity index (χ2v) is 1.64. The molecule has 3 heteroatoms. The first-order valence-corrected chi connectivity index (χ1v) is 2.65. The quantitative estimate of drug-likeness (QED) is 0.512. The molecule has 0 aliphatic carbocycles. The zero-order valence-electron chi connectivity index (χ0n) is 4.72. The number of rotatable bonds is 1. The second kappa shape index (κ2) is 3.02. The van der Waals surface area contributed by atoms with Gasteiger partial charge in [-0.3, -0.25) is 5.32 Å². The Hall–Kier alpha value is -0.120. The molecule has 0 amide bonds. The van der Waals surface area contributed by atoms with Crippen LogP contribution in [0.1, 0.15) is 0 Å². The molecule has 8 heavy (non-hydrogen) atoms. The average Bonchev–Trinajstić information content (AvgIpc) is 1.90. The van der Waals surface area contributed by atoms with Crippen LogP contribution in [0.25, 0.3) is 0 Å². The van der Waals surface area contributed by atoms with Crippen LogP contribution in [0.15, 0.2) is 0 Å². The standard InChI is InChI=1S/C5H10NO2/c1-6-5-4-7-2-3-8-5/h5-6H,1-4H2. The third kappa shape index (κ3) is 1.43. The van der Waals surface area contributed by atoms with Crippen molar-refractivity contribution in [2.24, 2.45) is 0 Å². The van der Waals surface area contributed by atoms with Crippen molar-refractivity contribution in [2.45, 2.75) is 6.23 Å². The third-order valence-electron chi connectivity index (χ3n) is 1.04. The van der Waals surface area contributed by atoms with Crippen LogP contribution in [0, 0.1) is 7.05 Å². The Labute approximate surface area is 49.0 Å². The first kappa shape index (κ1) is 6.01. The summed E-state index contributed by atoms with van der Waals surface area (Å²) in [5.41, 5.74) is 0. The largest absolute Gasteiger partial charge is 0.375 e. The first-order valence-electron chi connectivity index (χ1n) is 2.65. The van der Waals surface area contributed by atoms with Crippen LogP contribution in [-0.2, 0) is 9.47 Å². The maximum atomic E-state index is 5.13. The van der Waals surface area contributed by atoms with Crippen molar-refractivity contribution in [3.63, 3.8) is 0 Å². The van der Waals surface area contributed by atoms with Gasteiger partial charge in [-0.2, -0.15) is 0 Å². The smallest absolute Gasteiger partial charge is 0.131 e. The van der Waals surface area contributed by atoms with Crippen LogP contribution in [-0.4, -0.2) is 26.0 Å². The van der Waals surface area contributed by atoms with Crippen LogP contribution in [0.2, 0.25) is 0 Å². The van der Waals surface area contributed by atoms with Crippen molar-refractivity contribution in [1.82, 2.24) is 5.32 Å². The van der Waals surface area contributed by atoms with Crippen LogP contribution >= 0.6 is 0 Å². The molecule has 1 rings (SSSR count). The molecule has 1 radical (unpaired) electrons. The molecule has 0 saturated carbocycles. The number of hydrogen-bond donors (Lipinski definition) is 1. The summed E-state index contributed by atoms with van der Waals surface area (Å²) in [5, 5.41) is 2.71. The lowest BCUT2D eigenvalue weighted by Gasteiger charge is -2.21. The molecule has 3 nitrogen and oxygen atoms in total. The SMILES string of the molecule is [CH2]NC1COCCO1. The van der Waals surface area contributed by atoms with Gasteiger partial charge in [-0.15, -0.1) is 0 Å². The minimum atomic E-state index is 0.00347. The number of ether oxygens (including phenoxy) is 2. The average molecular weight is 116 g/mol. The van der Waals surface area contributed by atoms with E-state index in [-0.39, 0.29) is 6.23 Å². The number of nitrogens with one attached hydrogen (secondary N) is 1. The molecule has 47 valence electrons. The molecular formula is C5H10NO2. The predicted octanol–water partition coefficient (Wildman–Crippen LogP) is -0.260. The normalized spacial score (nSPS) is 30.4. The van der Waals surface area contributed by atoms with Crippen molar-refractivity contribution in [1.29, 1.82) is 0 Å². The Bertz CT molecular complexity index is 61.4. The second-order valence-electron chi connectivity index (χ2n) is 1.64. The summed E-state index contributed by atoms with van der Waals surface area (Å²) >= 11 is 0. The minimum Gasteiger partial charge on any atom is -0.375 e. The lowest BCUT2D eigenvalue weighted by atomic mass is 10.5. The monoisotopic (exact) mass is 116 g/mol. The zero-order valence-corrected chi connectivity index (χ0v) is 4.72. The molecule has 0 aromatic carbocycles. The maximum Gasteiger partial charge on any atom is 0.131 e. The minimum absolute atomic E-state index is 0.00347. The Morgan fingerprint density at radius 1 is 1.50 bits per heavy atom. The highest BCUT2D eigenvalue weighted by Crippen LogP contribution is 1.94. The van der Waals surface area contributed by atoms with E-state index in [0.29, 0.717) is 19.8 Å². The number of hydrogen-bond acceptors (Lipinski definition) is 3. The predicted molar refractivity (Wildman–Crippen MR) is 29.1 cm³/mol. The van der Waals surface area contributed by atoms with Gasteiger partial charge in [0.1, 0.15) is 6.23 Å². The van der Waals surface area contributed by atoms with Gasteiger partial charge in [-0.1, -0.05) is 0 Å². The van der Waals surface area contributed by atoms with E-state index in [4.69, 9.17) is 9.47 Å². The molecule has 1 aliphatic heterocycles. The molecule has 0 spiro atoms. The van der Waals surface area contributed by atoms with E-state index >= 15 is 0 Å². The van der Waals surface area contributed by atoms with E-state index in [9.17, 15) is 0 Å². The van der Waals surface area contributed by atoms with Crippen LogP contribution < -0.4 is 5.32 Å². The Morgan fingerprint density at radius 2 is 2.38 bits per heavy atom. The van der Waals surface area contributed by atoms with Crippen molar-refractivity contribution >= 4 is 0 Å². The van der Waals surface area contributed by atoms with Crippen LogP contribution in [0.5, 0.6) is 0 Å². The molecule has 1 unspecified atom stereocenters. The molecule has 0 bridgehead atoms. The highest BCUT2D eigenvalue weighted by atomic mass is 16.6. The van der Waals surface area contributed by atoms with Gasteiger partial charge in [0.25, 0.3) is 0 Å². The van der Waals surface area contributed by atoms with Crippen molar-refractivity contribution in [3.05, 3.63) is 7.05 Å². The Balaban J connectivity index is 2.13. The van der Waals surface area contributed by atoms with E-state index < -0.39 is 0 Å². The molecule has 1 atom stereocenters. The molecular weight excluding hydrogens is 106 g/mol. The van der Waals surface area contributed by atoms with Gasteiger partial charge in [0, 0.05) is 7.05 Å². The fourth-order valence-electron chi connectivity index (χ4n) is 0.606. The summed E-state index contributed by atoms with van der Waals surface area (Å²) in [4.78, 5) is 0. The molecule has 0 aromatic heterocycles. The Kier molecular flexibility index (Phi) is 2.27. The van der Waals surface area contributed by atoms with Gasteiger partial charge in [0.2, 0.25) is 0 Å². The summed E-state index contributed by atoms with van der Waals surface area (Å²) in [6, 6.07) is 0. The van der Waals surface area contributed by atoms with Gasteiger partial charge < -0.3 is 9.47 Å². The summed E-state index contributed by atoms with van der Waals surface area (Å²) in [6.45, 7) is 1.99. The van der Waals surface area contributed by atoms with E-state index in [2.05, 4.69) is 12.4 Å². The van der Waals surface area contributed by atoms with E-state index in [1.165, 1.54) is 0 Å². The summed E-state index contributed by atoms with van der Waals surface area (Å²) in [5.74, 6) is 0. The summed E-state index contributed by atoms with van der Waals surface area (Å²) < 4.78 is 10.2. The van der Waals surface area contributed by atoms with Crippen molar-refractivity contribution < 1.29 is 9.47 Å². The molecule has 0 aromatic rings. The van der Waals surface area contributed by atoms with E-state index in [1.54, 1.807) is 0 Å².